The number of nitrogens with zero attached hydrogens (tertiary/aromatic N) is 5. The summed E-state index contributed by atoms with van der Waals surface area (Å²) < 4.78 is 40.8. The van der Waals surface area contributed by atoms with Crippen molar-refractivity contribution in [1.82, 2.24) is 24.3 Å². The number of carbonyl (C=O) groups is 1. The third-order valence-electron chi connectivity index (χ3n) is 5.92. The normalized spacial score (nSPS) is 11.8. The maximum Gasteiger partial charge on any atom is 0.417 e. The van der Waals surface area contributed by atoms with Gasteiger partial charge in [0.1, 0.15) is 11.5 Å². The highest BCUT2D eigenvalue weighted by atomic mass is 19.4. The topological polar surface area (TPSA) is 89.4 Å². The number of aryl methyl sites for hydroxylation is 1. The number of alkyl halides is 3. The zero-order valence-electron chi connectivity index (χ0n) is 19.2. The first-order valence-corrected chi connectivity index (χ1v) is 11.1. The van der Waals surface area contributed by atoms with Crippen LogP contribution in [0.5, 0.6) is 0 Å². The summed E-state index contributed by atoms with van der Waals surface area (Å²) >= 11 is 0. The Kier molecular flexibility index (Phi) is 5.79. The molecule has 1 amide bonds. The minimum atomic E-state index is -4.48. The van der Waals surface area contributed by atoms with E-state index in [1.165, 1.54) is 6.07 Å². The van der Waals surface area contributed by atoms with Gasteiger partial charge in [-0.05, 0) is 66.6 Å². The van der Waals surface area contributed by atoms with Crippen molar-refractivity contribution in [3.05, 3.63) is 101 Å². The Labute approximate surface area is 204 Å². The molecule has 0 fully saturated rings. The van der Waals surface area contributed by atoms with E-state index in [0.29, 0.717) is 22.6 Å². The van der Waals surface area contributed by atoms with Crippen LogP contribution in [0, 0.1) is 6.92 Å². The van der Waals surface area contributed by atoms with Gasteiger partial charge in [-0.15, -0.1) is 0 Å². The third-order valence-corrected chi connectivity index (χ3v) is 5.92. The van der Waals surface area contributed by atoms with Crippen molar-refractivity contribution >= 4 is 28.3 Å². The van der Waals surface area contributed by atoms with E-state index >= 15 is 0 Å². The van der Waals surface area contributed by atoms with Crippen molar-refractivity contribution < 1.29 is 18.0 Å². The number of rotatable bonds is 5. The lowest BCUT2D eigenvalue weighted by Gasteiger charge is -2.23. The number of anilines is 1. The molecule has 36 heavy (non-hydrogen) atoms. The zero-order valence-corrected chi connectivity index (χ0v) is 19.2. The van der Waals surface area contributed by atoms with Gasteiger partial charge < -0.3 is 15.0 Å². The number of halogens is 3. The Morgan fingerprint density at radius 3 is 2.61 bits per heavy atom. The first-order valence-electron chi connectivity index (χ1n) is 11.1. The molecular formula is C26H21F3N6O. The van der Waals surface area contributed by atoms with Crippen molar-refractivity contribution in [2.45, 2.75) is 26.2 Å². The maximum atomic E-state index is 13.6. The van der Waals surface area contributed by atoms with Crippen molar-refractivity contribution in [3.63, 3.8) is 0 Å². The van der Waals surface area contributed by atoms with Gasteiger partial charge in [-0.2, -0.15) is 13.2 Å². The van der Waals surface area contributed by atoms with E-state index < -0.39 is 11.7 Å². The molecule has 0 unspecified atom stereocenters. The molecule has 5 rings (SSSR count). The number of amides is 1. The summed E-state index contributed by atoms with van der Waals surface area (Å²) in [6.45, 7) is 2.07. The smallest absolute Gasteiger partial charge is 0.383 e. The summed E-state index contributed by atoms with van der Waals surface area (Å²) in [7, 11) is 0. The molecule has 0 saturated carbocycles. The average molecular weight is 490 g/mol. The molecule has 0 aliphatic heterocycles. The molecule has 4 heterocycles. The number of carbonyl (C=O) groups excluding carboxylic acids is 1. The fourth-order valence-electron chi connectivity index (χ4n) is 3.96. The Balaban J connectivity index is 1.49. The Hall–Kier alpha value is -4.47. The fourth-order valence-corrected chi connectivity index (χ4v) is 3.96. The van der Waals surface area contributed by atoms with Gasteiger partial charge in [0.25, 0.3) is 5.91 Å². The van der Waals surface area contributed by atoms with Crippen molar-refractivity contribution in [3.8, 4) is 0 Å². The van der Waals surface area contributed by atoms with Gasteiger partial charge in [0.2, 0.25) is 0 Å². The van der Waals surface area contributed by atoms with Gasteiger partial charge >= 0.3 is 6.18 Å². The lowest BCUT2D eigenvalue weighted by atomic mass is 10.1. The lowest BCUT2D eigenvalue weighted by Crippen LogP contribution is -2.30. The summed E-state index contributed by atoms with van der Waals surface area (Å²) in [4.78, 5) is 27.8. The molecule has 182 valence electrons. The van der Waals surface area contributed by atoms with E-state index in [-0.39, 0.29) is 19.0 Å². The first kappa shape index (κ1) is 23.3. The summed E-state index contributed by atoms with van der Waals surface area (Å²) in [5.41, 5.74) is 8.82. The lowest BCUT2D eigenvalue weighted by molar-refractivity contribution is -0.137. The number of benzene rings is 1. The van der Waals surface area contributed by atoms with Crippen molar-refractivity contribution in [1.29, 1.82) is 0 Å². The fraction of sp³-hybridized carbons (Fsp3) is 0.154. The highest BCUT2D eigenvalue weighted by molar-refractivity contribution is 5.98. The van der Waals surface area contributed by atoms with E-state index in [2.05, 4.69) is 15.0 Å². The number of nitrogen functional groups attached to an aromatic ring is 1. The van der Waals surface area contributed by atoms with Crippen LogP contribution in [0.3, 0.4) is 0 Å². The largest absolute Gasteiger partial charge is 0.417 e. The molecule has 2 N–H and O–H groups in total. The molecule has 10 heteroatoms. The van der Waals surface area contributed by atoms with Gasteiger partial charge in [-0.1, -0.05) is 0 Å². The second kappa shape index (κ2) is 8.95. The maximum absolute atomic E-state index is 13.6. The number of nitrogens with two attached hydrogens (primary N) is 1. The highest BCUT2D eigenvalue weighted by Gasteiger charge is 2.30. The van der Waals surface area contributed by atoms with E-state index in [1.807, 2.05) is 41.9 Å². The number of imidazole rings is 1. The molecule has 0 atom stereocenters. The molecule has 5 aromatic rings. The molecule has 7 nitrogen and oxygen atoms in total. The molecule has 0 spiro atoms. The molecule has 0 radical (unpaired) electrons. The quantitative estimate of drug-likeness (QED) is 0.373. The monoisotopic (exact) mass is 490 g/mol. The third kappa shape index (κ3) is 4.70. The summed E-state index contributed by atoms with van der Waals surface area (Å²) in [6, 6.07) is 13.0. The molecule has 1 aromatic carbocycles. The van der Waals surface area contributed by atoms with E-state index in [0.717, 1.165) is 34.4 Å². The van der Waals surface area contributed by atoms with Gasteiger partial charge in [0.05, 0.1) is 23.3 Å². The first-order chi connectivity index (χ1) is 17.2. The highest BCUT2D eigenvalue weighted by Crippen LogP contribution is 2.28. The number of fused-ring (bicyclic) bond motifs is 2. The molecular weight excluding hydrogens is 469 g/mol. The van der Waals surface area contributed by atoms with Gasteiger partial charge in [0.15, 0.2) is 0 Å². The van der Waals surface area contributed by atoms with Crippen LogP contribution in [0.15, 0.2) is 73.3 Å². The van der Waals surface area contributed by atoms with Crippen LogP contribution >= 0.6 is 0 Å². The second-order valence-electron chi connectivity index (χ2n) is 8.52. The predicted molar refractivity (Wildman–Crippen MR) is 129 cm³/mol. The van der Waals surface area contributed by atoms with Crippen LogP contribution < -0.4 is 5.73 Å². The summed E-state index contributed by atoms with van der Waals surface area (Å²) in [5, 5.41) is 0.763. The SMILES string of the molecule is Cc1cc2cc(C(=O)N(Cc3ccn4ccnc4c3)Cc3ccc(C(F)(F)F)cn3)ccc2nc1N. The van der Waals surface area contributed by atoms with Crippen LogP contribution in [-0.4, -0.2) is 30.2 Å². The van der Waals surface area contributed by atoms with Gasteiger partial charge in [-0.3, -0.25) is 9.78 Å². The molecule has 4 aromatic heterocycles. The van der Waals surface area contributed by atoms with Crippen molar-refractivity contribution in [2.75, 3.05) is 5.73 Å². The van der Waals surface area contributed by atoms with E-state index in [4.69, 9.17) is 5.73 Å². The number of hydrogen-bond acceptors (Lipinski definition) is 5. The Bertz CT molecular complexity index is 1580. The average Bonchev–Trinajstić information content (AvgIpc) is 3.31. The zero-order chi connectivity index (χ0) is 25.4. The van der Waals surface area contributed by atoms with Gasteiger partial charge in [0, 0.05) is 42.3 Å². The van der Waals surface area contributed by atoms with Crippen LogP contribution in [0.2, 0.25) is 0 Å². The van der Waals surface area contributed by atoms with Crippen LogP contribution in [0.1, 0.15) is 32.7 Å². The molecule has 0 saturated heterocycles. The number of pyridine rings is 3. The summed E-state index contributed by atoms with van der Waals surface area (Å²) in [6.07, 6.45) is 1.62. The Morgan fingerprint density at radius 2 is 1.86 bits per heavy atom. The molecule has 0 aliphatic rings. The standard InChI is InChI=1S/C26H21F3N6O/c1-16-10-19-12-18(2-5-22(19)33-24(16)30)25(36)35(14-17-6-8-34-9-7-31-23(34)11-17)15-21-4-3-20(13-32-21)26(27,28)29/h2-13H,14-15H2,1H3,(H2,30,33). The number of hydrogen-bond donors (Lipinski definition) is 1. The van der Waals surface area contributed by atoms with Gasteiger partial charge in [-0.25, -0.2) is 9.97 Å². The number of aromatic nitrogens is 4. The minimum Gasteiger partial charge on any atom is -0.383 e. The molecule has 0 bridgehead atoms. The van der Waals surface area contributed by atoms with Crippen molar-refractivity contribution in [2.24, 2.45) is 0 Å². The predicted octanol–water partition coefficient (Wildman–Crippen LogP) is 5.03. The van der Waals surface area contributed by atoms with E-state index in [1.54, 1.807) is 29.3 Å². The van der Waals surface area contributed by atoms with Crippen LogP contribution in [0.4, 0.5) is 19.0 Å². The minimum absolute atomic E-state index is 0.0215. The summed E-state index contributed by atoms with van der Waals surface area (Å²) in [5.74, 6) is 0.127. The van der Waals surface area contributed by atoms with Crippen LogP contribution in [0.25, 0.3) is 16.6 Å². The molecule has 0 aliphatic carbocycles. The van der Waals surface area contributed by atoms with Crippen LogP contribution in [-0.2, 0) is 19.3 Å². The second-order valence-corrected chi connectivity index (χ2v) is 8.52. The Morgan fingerprint density at radius 1 is 1.03 bits per heavy atom. The van der Waals surface area contributed by atoms with E-state index in [9.17, 15) is 18.0 Å².